The maximum atomic E-state index is 11.6. The number of aromatic carboxylic acids is 1. The minimum atomic E-state index is -0.977. The Bertz CT molecular complexity index is 709. The van der Waals surface area contributed by atoms with Crippen LogP contribution >= 0.6 is 23.5 Å². The maximum Gasteiger partial charge on any atom is 0.343 e. The summed E-state index contributed by atoms with van der Waals surface area (Å²) in [6.45, 7) is 4.28. The molecule has 2 aromatic rings. The Kier molecular flexibility index (Phi) is 5.13. The number of H-pyrrole nitrogens is 1. The Balaban J connectivity index is 2.46. The molecule has 112 valence electrons. The van der Waals surface area contributed by atoms with Crippen LogP contribution in [-0.4, -0.2) is 31.6 Å². The quantitative estimate of drug-likeness (QED) is 0.794. The molecule has 0 aliphatic carbocycles. The van der Waals surface area contributed by atoms with Crippen molar-refractivity contribution < 1.29 is 9.90 Å². The predicted octanol–water partition coefficient (Wildman–Crippen LogP) is 2.55. The van der Waals surface area contributed by atoms with Gasteiger partial charge in [0.05, 0.1) is 5.56 Å². The number of benzene rings is 1. The predicted molar refractivity (Wildman–Crippen MR) is 82.4 cm³/mol. The van der Waals surface area contributed by atoms with Crippen molar-refractivity contribution in [1.82, 2.24) is 14.8 Å². The molecule has 0 unspecified atom stereocenters. The fraction of sp³-hybridized carbons (Fsp3) is 0.308. The normalized spacial score (nSPS) is 10.8. The minimum absolute atomic E-state index is 0.257. The molecule has 0 fully saturated rings. The summed E-state index contributed by atoms with van der Waals surface area (Å²) in [6.07, 6.45) is 0. The van der Waals surface area contributed by atoms with Crippen LogP contribution in [0.3, 0.4) is 0 Å². The van der Waals surface area contributed by atoms with Gasteiger partial charge < -0.3 is 5.11 Å². The Morgan fingerprint density at radius 2 is 2.10 bits per heavy atom. The first-order chi connectivity index (χ1) is 10.1. The highest BCUT2D eigenvalue weighted by molar-refractivity contribution is 8.00. The van der Waals surface area contributed by atoms with E-state index in [1.807, 2.05) is 19.9 Å². The molecule has 0 saturated heterocycles. The first-order valence-electron chi connectivity index (χ1n) is 6.40. The molecule has 2 rings (SSSR count). The number of carboxylic acid groups (broad SMARTS) is 1. The first-order valence-corrected chi connectivity index (χ1v) is 8.20. The third-order valence-electron chi connectivity index (χ3n) is 2.74. The van der Waals surface area contributed by atoms with Gasteiger partial charge in [0.1, 0.15) is 0 Å². The van der Waals surface area contributed by atoms with Crippen LogP contribution in [0.4, 0.5) is 0 Å². The molecule has 0 radical (unpaired) electrons. The number of nitrogens with one attached hydrogen (secondary N) is 1. The number of hydrogen-bond acceptors (Lipinski definition) is 5. The van der Waals surface area contributed by atoms with E-state index in [-0.39, 0.29) is 11.3 Å². The summed E-state index contributed by atoms with van der Waals surface area (Å²) >= 11 is 2.66. The van der Waals surface area contributed by atoms with Crippen LogP contribution in [0.25, 0.3) is 0 Å². The molecule has 8 heteroatoms. The second-order valence-electron chi connectivity index (χ2n) is 4.03. The van der Waals surface area contributed by atoms with Crippen molar-refractivity contribution in [3.8, 4) is 0 Å². The number of aromatic amines is 1. The molecule has 0 aliphatic heterocycles. The molecular formula is C13H15N3O3S2. The van der Waals surface area contributed by atoms with E-state index in [4.69, 9.17) is 0 Å². The monoisotopic (exact) mass is 325 g/mol. The van der Waals surface area contributed by atoms with E-state index in [0.29, 0.717) is 16.6 Å². The Morgan fingerprint density at radius 3 is 2.71 bits per heavy atom. The average molecular weight is 325 g/mol. The number of aromatic nitrogens is 3. The third kappa shape index (κ3) is 3.33. The van der Waals surface area contributed by atoms with Crippen LogP contribution in [0.5, 0.6) is 0 Å². The van der Waals surface area contributed by atoms with Crippen molar-refractivity contribution in [3.05, 3.63) is 34.2 Å². The molecule has 0 atom stereocenters. The lowest BCUT2D eigenvalue weighted by Gasteiger charge is -2.10. The van der Waals surface area contributed by atoms with Gasteiger partial charge in [0, 0.05) is 16.3 Å². The van der Waals surface area contributed by atoms with E-state index in [1.165, 1.54) is 28.1 Å². The second-order valence-corrected chi connectivity index (χ2v) is 6.34. The van der Waals surface area contributed by atoms with Crippen LogP contribution in [-0.2, 0) is 6.54 Å². The van der Waals surface area contributed by atoms with Crippen LogP contribution in [0.1, 0.15) is 24.2 Å². The highest BCUT2D eigenvalue weighted by Crippen LogP contribution is 2.34. The number of carboxylic acids is 1. The maximum absolute atomic E-state index is 11.6. The zero-order valence-electron chi connectivity index (χ0n) is 11.6. The van der Waals surface area contributed by atoms with E-state index in [2.05, 4.69) is 10.2 Å². The molecule has 0 saturated carbocycles. The van der Waals surface area contributed by atoms with Gasteiger partial charge in [0.15, 0.2) is 5.16 Å². The SMILES string of the molecule is CCSc1cccc(Sc2n[nH]c(=O)n2CC)c1C(=O)O. The average Bonchev–Trinajstić information content (AvgIpc) is 2.79. The number of nitrogens with zero attached hydrogens (tertiary/aromatic N) is 2. The van der Waals surface area contributed by atoms with Crippen LogP contribution in [0.15, 0.2) is 37.9 Å². The number of hydrogen-bond donors (Lipinski definition) is 2. The largest absolute Gasteiger partial charge is 0.478 e. The van der Waals surface area contributed by atoms with E-state index < -0.39 is 5.97 Å². The Morgan fingerprint density at radius 1 is 1.38 bits per heavy atom. The van der Waals surface area contributed by atoms with Crippen molar-refractivity contribution >= 4 is 29.5 Å². The molecular weight excluding hydrogens is 310 g/mol. The third-order valence-corrected chi connectivity index (χ3v) is 4.74. The summed E-state index contributed by atoms with van der Waals surface area (Å²) in [4.78, 5) is 24.4. The van der Waals surface area contributed by atoms with Gasteiger partial charge in [-0.25, -0.2) is 14.7 Å². The van der Waals surface area contributed by atoms with Gasteiger partial charge in [-0.1, -0.05) is 13.0 Å². The lowest BCUT2D eigenvalue weighted by Crippen LogP contribution is -2.16. The Hall–Kier alpha value is -1.67. The van der Waals surface area contributed by atoms with Crippen molar-refractivity contribution in [1.29, 1.82) is 0 Å². The van der Waals surface area contributed by atoms with Crippen LogP contribution in [0.2, 0.25) is 0 Å². The van der Waals surface area contributed by atoms with E-state index >= 15 is 0 Å². The first kappa shape index (κ1) is 15.7. The summed E-state index contributed by atoms with van der Waals surface area (Å²) in [5.41, 5.74) is -0.0385. The summed E-state index contributed by atoms with van der Waals surface area (Å²) in [7, 11) is 0. The molecule has 1 aromatic carbocycles. The topological polar surface area (TPSA) is 88.0 Å². The van der Waals surface area contributed by atoms with Crippen LogP contribution < -0.4 is 5.69 Å². The fourth-order valence-electron chi connectivity index (χ4n) is 1.84. The number of carbonyl (C=O) groups is 1. The summed E-state index contributed by atoms with van der Waals surface area (Å²) in [5.74, 6) is -0.189. The number of rotatable bonds is 6. The zero-order chi connectivity index (χ0) is 15.4. The summed E-state index contributed by atoms with van der Waals surface area (Å²) in [5, 5.41) is 16.2. The second kappa shape index (κ2) is 6.86. The van der Waals surface area contributed by atoms with Crippen molar-refractivity contribution in [2.45, 2.75) is 35.3 Å². The smallest absolute Gasteiger partial charge is 0.343 e. The molecule has 0 amide bonds. The zero-order valence-corrected chi connectivity index (χ0v) is 13.3. The fourth-order valence-corrected chi connectivity index (χ4v) is 3.79. The Labute approximate surface area is 130 Å². The van der Waals surface area contributed by atoms with E-state index in [9.17, 15) is 14.7 Å². The highest BCUT2D eigenvalue weighted by atomic mass is 32.2. The summed E-state index contributed by atoms with van der Waals surface area (Å²) in [6, 6.07) is 5.33. The molecule has 6 nitrogen and oxygen atoms in total. The molecule has 0 spiro atoms. The van der Waals surface area contributed by atoms with Gasteiger partial charge in [-0.3, -0.25) is 4.57 Å². The standard InChI is InChI=1S/C13H15N3O3S2/c1-3-16-12(19)14-15-13(16)21-9-7-5-6-8(20-4-2)10(9)11(17)18/h5-7H,3-4H2,1-2H3,(H,14,19)(H,17,18). The van der Waals surface area contributed by atoms with Crippen molar-refractivity contribution in [2.24, 2.45) is 0 Å². The van der Waals surface area contributed by atoms with Crippen LogP contribution in [0, 0.1) is 0 Å². The van der Waals surface area contributed by atoms with Gasteiger partial charge in [0.2, 0.25) is 0 Å². The molecule has 21 heavy (non-hydrogen) atoms. The van der Waals surface area contributed by atoms with Gasteiger partial charge in [-0.2, -0.15) is 0 Å². The molecule has 1 heterocycles. The molecule has 2 N–H and O–H groups in total. The lowest BCUT2D eigenvalue weighted by molar-refractivity contribution is 0.0689. The van der Waals surface area contributed by atoms with Gasteiger partial charge in [-0.05, 0) is 36.6 Å². The number of thioether (sulfide) groups is 1. The van der Waals surface area contributed by atoms with E-state index in [1.54, 1.807) is 12.1 Å². The van der Waals surface area contributed by atoms with Crippen molar-refractivity contribution in [2.75, 3.05) is 5.75 Å². The van der Waals surface area contributed by atoms with Gasteiger partial charge >= 0.3 is 11.7 Å². The molecule has 1 aromatic heterocycles. The summed E-state index contributed by atoms with van der Waals surface area (Å²) < 4.78 is 1.47. The molecule has 0 bridgehead atoms. The van der Waals surface area contributed by atoms with E-state index in [0.717, 1.165) is 10.6 Å². The molecule has 0 aliphatic rings. The van der Waals surface area contributed by atoms with Gasteiger partial charge in [0.25, 0.3) is 0 Å². The highest BCUT2D eigenvalue weighted by Gasteiger charge is 2.18. The lowest BCUT2D eigenvalue weighted by atomic mass is 10.2. The van der Waals surface area contributed by atoms with Gasteiger partial charge in [-0.15, -0.1) is 16.9 Å². The van der Waals surface area contributed by atoms with Crippen molar-refractivity contribution in [3.63, 3.8) is 0 Å². The minimum Gasteiger partial charge on any atom is -0.478 e.